The van der Waals surface area contributed by atoms with Crippen LogP contribution in [0.1, 0.15) is 43.4 Å². The molecule has 0 aliphatic heterocycles. The SMILES string of the molecule is Cn1nc(C(F)(F)F)c(C=C(C#N)C(=O)NC2CCCCC2)c1Cl. The molecule has 2 rings (SSSR count). The maximum Gasteiger partial charge on any atom is 0.435 e. The number of rotatable bonds is 3. The van der Waals surface area contributed by atoms with E-state index in [0.717, 1.165) is 42.9 Å². The van der Waals surface area contributed by atoms with Crippen LogP contribution in [0.15, 0.2) is 5.57 Å². The molecule has 0 aromatic carbocycles. The molecule has 0 radical (unpaired) electrons. The Morgan fingerprint density at radius 3 is 2.58 bits per heavy atom. The molecule has 0 unspecified atom stereocenters. The first-order valence-electron chi connectivity index (χ1n) is 7.46. The summed E-state index contributed by atoms with van der Waals surface area (Å²) < 4.78 is 39.9. The van der Waals surface area contributed by atoms with Crippen LogP contribution in [-0.4, -0.2) is 21.7 Å². The molecule has 1 amide bonds. The first kappa shape index (κ1) is 18.3. The number of carbonyl (C=O) groups excluding carboxylic acids is 1. The third kappa shape index (κ3) is 4.09. The highest BCUT2D eigenvalue weighted by atomic mass is 35.5. The fraction of sp³-hybridized carbons (Fsp3) is 0.533. The minimum Gasteiger partial charge on any atom is -0.349 e. The van der Waals surface area contributed by atoms with Crippen LogP contribution in [-0.2, 0) is 18.0 Å². The minimum absolute atomic E-state index is 0.0607. The van der Waals surface area contributed by atoms with Gasteiger partial charge in [-0.15, -0.1) is 0 Å². The number of aromatic nitrogens is 2. The van der Waals surface area contributed by atoms with Gasteiger partial charge in [0.05, 0.1) is 0 Å². The van der Waals surface area contributed by atoms with Gasteiger partial charge in [-0.1, -0.05) is 30.9 Å². The first-order valence-corrected chi connectivity index (χ1v) is 7.84. The molecule has 1 aliphatic rings. The molecule has 0 atom stereocenters. The number of hydrogen-bond donors (Lipinski definition) is 1. The van der Waals surface area contributed by atoms with E-state index in [1.807, 2.05) is 0 Å². The van der Waals surface area contributed by atoms with E-state index in [1.54, 1.807) is 6.07 Å². The summed E-state index contributed by atoms with van der Waals surface area (Å²) in [7, 11) is 1.25. The zero-order valence-corrected chi connectivity index (χ0v) is 13.7. The lowest BCUT2D eigenvalue weighted by atomic mass is 9.95. The molecule has 0 spiro atoms. The van der Waals surface area contributed by atoms with Gasteiger partial charge < -0.3 is 5.32 Å². The van der Waals surface area contributed by atoms with Crippen LogP contribution in [0.4, 0.5) is 13.2 Å². The largest absolute Gasteiger partial charge is 0.435 e. The summed E-state index contributed by atoms with van der Waals surface area (Å²) in [5, 5.41) is 14.9. The van der Waals surface area contributed by atoms with Gasteiger partial charge in [-0.3, -0.25) is 9.48 Å². The topological polar surface area (TPSA) is 70.7 Å². The second-order valence-corrected chi connectivity index (χ2v) is 6.01. The van der Waals surface area contributed by atoms with E-state index in [1.165, 1.54) is 7.05 Å². The zero-order valence-electron chi connectivity index (χ0n) is 13.0. The molecule has 1 aromatic rings. The summed E-state index contributed by atoms with van der Waals surface area (Å²) in [5.41, 5.74) is -2.14. The molecule has 24 heavy (non-hydrogen) atoms. The van der Waals surface area contributed by atoms with Crippen molar-refractivity contribution in [1.29, 1.82) is 5.26 Å². The predicted octanol–water partition coefficient (Wildman–Crippen LogP) is 3.45. The molecular weight excluding hydrogens is 345 g/mol. The Bertz CT molecular complexity index is 697. The fourth-order valence-electron chi connectivity index (χ4n) is 2.66. The van der Waals surface area contributed by atoms with Gasteiger partial charge in [0.25, 0.3) is 5.91 Å². The van der Waals surface area contributed by atoms with Crippen molar-refractivity contribution in [1.82, 2.24) is 15.1 Å². The molecule has 5 nitrogen and oxygen atoms in total. The second-order valence-electron chi connectivity index (χ2n) is 5.65. The summed E-state index contributed by atoms with van der Waals surface area (Å²) in [5.74, 6) is -0.697. The first-order chi connectivity index (χ1) is 11.2. The lowest BCUT2D eigenvalue weighted by molar-refractivity contribution is -0.141. The molecule has 9 heteroatoms. The monoisotopic (exact) mass is 360 g/mol. The zero-order chi connectivity index (χ0) is 17.9. The van der Waals surface area contributed by atoms with Crippen molar-refractivity contribution >= 4 is 23.6 Å². The van der Waals surface area contributed by atoms with Gasteiger partial charge in [-0.2, -0.15) is 23.5 Å². The van der Waals surface area contributed by atoms with Gasteiger partial charge in [0.15, 0.2) is 5.69 Å². The summed E-state index contributed by atoms with van der Waals surface area (Å²) in [6.07, 6.45) is 0.741. The highest BCUT2D eigenvalue weighted by Crippen LogP contribution is 2.35. The number of aryl methyl sites for hydroxylation is 1. The van der Waals surface area contributed by atoms with Gasteiger partial charge in [0.2, 0.25) is 0 Å². The smallest absolute Gasteiger partial charge is 0.349 e. The predicted molar refractivity (Wildman–Crippen MR) is 81.8 cm³/mol. The molecule has 1 saturated carbocycles. The van der Waals surface area contributed by atoms with Crippen LogP contribution in [0.2, 0.25) is 5.15 Å². The lowest BCUT2D eigenvalue weighted by Gasteiger charge is -2.22. The maximum absolute atomic E-state index is 13.0. The van der Waals surface area contributed by atoms with E-state index in [0.29, 0.717) is 0 Å². The fourth-order valence-corrected chi connectivity index (χ4v) is 2.84. The number of carbonyl (C=O) groups is 1. The van der Waals surface area contributed by atoms with Crippen molar-refractivity contribution < 1.29 is 18.0 Å². The molecule has 1 aliphatic carbocycles. The van der Waals surface area contributed by atoms with E-state index in [9.17, 15) is 18.0 Å². The summed E-state index contributed by atoms with van der Waals surface area (Å²) in [6, 6.07) is 1.58. The standard InChI is InChI=1S/C15H16ClF3N4O/c1-23-13(16)11(12(22-23)15(17,18)19)7-9(8-20)14(24)21-10-5-3-2-4-6-10/h7,10H,2-6H2,1H3,(H,21,24). The Kier molecular flexibility index (Phi) is 5.54. The number of hydrogen-bond acceptors (Lipinski definition) is 3. The Morgan fingerprint density at radius 1 is 1.42 bits per heavy atom. The van der Waals surface area contributed by atoms with E-state index in [2.05, 4.69) is 10.4 Å². The quantitative estimate of drug-likeness (QED) is 0.663. The van der Waals surface area contributed by atoms with E-state index >= 15 is 0 Å². The second kappa shape index (κ2) is 7.26. The summed E-state index contributed by atoms with van der Waals surface area (Å²) in [4.78, 5) is 12.2. The van der Waals surface area contributed by atoms with Gasteiger partial charge in [-0.25, -0.2) is 0 Å². The van der Waals surface area contributed by atoms with E-state index in [4.69, 9.17) is 16.9 Å². The van der Waals surface area contributed by atoms with Gasteiger partial charge in [-0.05, 0) is 18.9 Å². The van der Waals surface area contributed by atoms with Gasteiger partial charge in [0, 0.05) is 18.7 Å². The van der Waals surface area contributed by atoms with Crippen LogP contribution in [0.3, 0.4) is 0 Å². The molecule has 1 heterocycles. The number of nitrogens with zero attached hydrogens (tertiary/aromatic N) is 3. The Balaban J connectivity index is 2.30. The Hall–Kier alpha value is -2.01. The van der Waals surface area contributed by atoms with Crippen molar-refractivity contribution in [3.8, 4) is 6.07 Å². The van der Waals surface area contributed by atoms with Gasteiger partial charge in [0.1, 0.15) is 16.8 Å². The van der Waals surface area contributed by atoms with Crippen molar-refractivity contribution in [3.05, 3.63) is 22.0 Å². The number of halogens is 4. The van der Waals surface area contributed by atoms with Crippen molar-refractivity contribution in [2.24, 2.45) is 7.05 Å². The molecule has 1 aromatic heterocycles. The third-order valence-electron chi connectivity index (χ3n) is 3.87. The summed E-state index contributed by atoms with van der Waals surface area (Å²) >= 11 is 5.83. The number of nitriles is 1. The van der Waals surface area contributed by atoms with Crippen LogP contribution >= 0.6 is 11.6 Å². The molecule has 0 bridgehead atoms. The highest BCUT2D eigenvalue weighted by Gasteiger charge is 2.38. The molecular formula is C15H16ClF3N4O. The van der Waals surface area contributed by atoms with E-state index < -0.39 is 28.9 Å². The number of alkyl halides is 3. The van der Waals surface area contributed by atoms with Crippen molar-refractivity contribution in [3.63, 3.8) is 0 Å². The molecule has 0 saturated heterocycles. The van der Waals surface area contributed by atoms with Crippen LogP contribution in [0.25, 0.3) is 6.08 Å². The van der Waals surface area contributed by atoms with Crippen LogP contribution in [0.5, 0.6) is 0 Å². The molecule has 1 fully saturated rings. The number of nitrogens with one attached hydrogen (secondary N) is 1. The Labute approximate surface area is 142 Å². The van der Waals surface area contributed by atoms with E-state index in [-0.39, 0.29) is 11.2 Å². The normalized spacial score (nSPS) is 16.8. The maximum atomic E-state index is 13.0. The minimum atomic E-state index is -4.74. The highest BCUT2D eigenvalue weighted by molar-refractivity contribution is 6.31. The molecule has 1 N–H and O–H groups in total. The van der Waals surface area contributed by atoms with Gasteiger partial charge >= 0.3 is 6.18 Å². The number of amides is 1. The third-order valence-corrected chi connectivity index (χ3v) is 4.32. The summed E-state index contributed by atoms with van der Waals surface area (Å²) in [6.45, 7) is 0. The molecule has 130 valence electrons. The lowest BCUT2D eigenvalue weighted by Crippen LogP contribution is -2.36. The van der Waals surface area contributed by atoms with Crippen LogP contribution in [0, 0.1) is 11.3 Å². The van der Waals surface area contributed by atoms with Crippen molar-refractivity contribution in [2.75, 3.05) is 0 Å². The average Bonchev–Trinajstić information content (AvgIpc) is 2.81. The van der Waals surface area contributed by atoms with Crippen molar-refractivity contribution in [2.45, 2.75) is 44.3 Å². The van der Waals surface area contributed by atoms with Crippen LogP contribution < -0.4 is 5.32 Å². The Morgan fingerprint density at radius 2 is 2.04 bits per heavy atom. The average molecular weight is 361 g/mol.